The molecule has 0 saturated carbocycles. The Morgan fingerprint density at radius 2 is 2.05 bits per heavy atom. The first kappa shape index (κ1) is 17.0. The van der Waals surface area contributed by atoms with Crippen molar-refractivity contribution >= 4 is 11.9 Å². The molecule has 116 valence electrons. The van der Waals surface area contributed by atoms with Gasteiger partial charge in [0.1, 0.15) is 0 Å². The van der Waals surface area contributed by atoms with Crippen LogP contribution in [0.25, 0.3) is 0 Å². The highest BCUT2D eigenvalue weighted by atomic mass is 16.4. The Morgan fingerprint density at radius 1 is 1.45 bits per heavy atom. The second-order valence-electron chi connectivity index (χ2n) is 6.62. The van der Waals surface area contributed by atoms with Crippen LogP contribution in [0.1, 0.15) is 40.0 Å². The van der Waals surface area contributed by atoms with E-state index in [-0.39, 0.29) is 24.3 Å². The number of carboxylic acid groups (broad SMARTS) is 1. The largest absolute Gasteiger partial charge is 0.481 e. The van der Waals surface area contributed by atoms with Crippen molar-refractivity contribution in [2.45, 2.75) is 46.1 Å². The second kappa shape index (κ2) is 6.57. The van der Waals surface area contributed by atoms with Gasteiger partial charge in [-0.3, -0.25) is 9.59 Å². The molecule has 5 heteroatoms. The third-order valence-corrected chi connectivity index (χ3v) is 4.82. The average Bonchev–Trinajstić information content (AvgIpc) is 2.37. The molecule has 1 aliphatic heterocycles. The Bertz CT molecular complexity index is 370. The van der Waals surface area contributed by atoms with Crippen molar-refractivity contribution in [1.29, 1.82) is 0 Å². The molecule has 5 nitrogen and oxygen atoms in total. The molecule has 1 heterocycles. The molecule has 0 bridgehead atoms. The van der Waals surface area contributed by atoms with E-state index in [1.165, 1.54) is 0 Å². The number of rotatable bonds is 5. The number of piperidine rings is 1. The van der Waals surface area contributed by atoms with Crippen molar-refractivity contribution < 1.29 is 14.7 Å². The number of aliphatic carboxylic acids is 1. The topological polar surface area (TPSA) is 60.9 Å². The summed E-state index contributed by atoms with van der Waals surface area (Å²) < 4.78 is 0. The lowest BCUT2D eigenvalue weighted by atomic mass is 9.76. The third-order valence-electron chi connectivity index (χ3n) is 4.82. The van der Waals surface area contributed by atoms with Gasteiger partial charge in [-0.1, -0.05) is 13.8 Å². The summed E-state index contributed by atoms with van der Waals surface area (Å²) in [5.41, 5.74) is -0.994. The Hall–Kier alpha value is -1.10. The molecule has 0 aromatic rings. The summed E-state index contributed by atoms with van der Waals surface area (Å²) in [6.45, 7) is 7.31. The van der Waals surface area contributed by atoms with Gasteiger partial charge in [-0.05, 0) is 39.3 Å². The maximum atomic E-state index is 12.4. The fraction of sp³-hybridized carbons (Fsp3) is 0.867. The average molecular weight is 284 g/mol. The molecule has 2 atom stereocenters. The maximum absolute atomic E-state index is 12.4. The van der Waals surface area contributed by atoms with E-state index >= 15 is 0 Å². The van der Waals surface area contributed by atoms with Crippen molar-refractivity contribution in [3.63, 3.8) is 0 Å². The first-order valence-electron chi connectivity index (χ1n) is 7.36. The summed E-state index contributed by atoms with van der Waals surface area (Å²) in [7, 11) is 3.86. The molecule has 1 fully saturated rings. The standard InChI is InChI=1S/C15H28N2O3/c1-11(2)15(3,14(19)20)9-13(18)17(5)12-7-6-8-16(4)10-12/h11-12H,6-10H2,1-5H3,(H,19,20). The fourth-order valence-electron chi connectivity index (χ4n) is 2.62. The number of hydrogen-bond donors (Lipinski definition) is 1. The lowest BCUT2D eigenvalue weighted by Crippen LogP contribution is -2.49. The Kier molecular flexibility index (Phi) is 5.57. The van der Waals surface area contributed by atoms with Crippen LogP contribution >= 0.6 is 0 Å². The molecule has 0 spiro atoms. The van der Waals surface area contributed by atoms with Crippen LogP contribution < -0.4 is 0 Å². The number of carbonyl (C=O) groups excluding carboxylic acids is 1. The summed E-state index contributed by atoms with van der Waals surface area (Å²) in [4.78, 5) is 27.9. The minimum atomic E-state index is -0.994. The Balaban J connectivity index is 2.71. The zero-order valence-electron chi connectivity index (χ0n) is 13.3. The number of likely N-dealkylation sites (tertiary alicyclic amines) is 1. The lowest BCUT2D eigenvalue weighted by molar-refractivity contribution is -0.156. The van der Waals surface area contributed by atoms with Crippen molar-refractivity contribution in [2.75, 3.05) is 27.2 Å². The van der Waals surface area contributed by atoms with Crippen LogP contribution in [-0.4, -0.2) is 60.0 Å². The minimum Gasteiger partial charge on any atom is -0.481 e. The molecule has 1 rings (SSSR count). The number of carbonyl (C=O) groups is 2. The predicted molar refractivity (Wildman–Crippen MR) is 78.5 cm³/mol. The molecule has 1 amide bonds. The number of carboxylic acids is 1. The predicted octanol–water partition coefficient (Wildman–Crippen LogP) is 1.68. The quantitative estimate of drug-likeness (QED) is 0.834. The van der Waals surface area contributed by atoms with Crippen LogP contribution in [0.15, 0.2) is 0 Å². The zero-order chi connectivity index (χ0) is 15.5. The maximum Gasteiger partial charge on any atom is 0.310 e. The van der Waals surface area contributed by atoms with Gasteiger partial charge in [0.05, 0.1) is 5.41 Å². The summed E-state index contributed by atoms with van der Waals surface area (Å²) in [5, 5.41) is 9.41. The summed E-state index contributed by atoms with van der Waals surface area (Å²) in [6.07, 6.45) is 2.15. The van der Waals surface area contributed by atoms with Crippen LogP contribution in [0.2, 0.25) is 0 Å². The van der Waals surface area contributed by atoms with Gasteiger partial charge < -0.3 is 14.9 Å². The summed E-state index contributed by atoms with van der Waals surface area (Å²) >= 11 is 0. The SMILES string of the molecule is CC(C)C(C)(CC(=O)N(C)C1CCCN(C)C1)C(=O)O. The number of likely N-dealkylation sites (N-methyl/N-ethyl adjacent to an activating group) is 2. The van der Waals surface area contributed by atoms with E-state index < -0.39 is 11.4 Å². The van der Waals surface area contributed by atoms with Gasteiger partial charge >= 0.3 is 5.97 Å². The van der Waals surface area contributed by atoms with E-state index in [1.54, 1.807) is 18.9 Å². The second-order valence-corrected chi connectivity index (χ2v) is 6.62. The molecule has 20 heavy (non-hydrogen) atoms. The van der Waals surface area contributed by atoms with Crippen molar-refractivity contribution in [2.24, 2.45) is 11.3 Å². The highest BCUT2D eigenvalue weighted by molar-refractivity contribution is 5.85. The zero-order valence-corrected chi connectivity index (χ0v) is 13.3. The number of amides is 1. The van der Waals surface area contributed by atoms with Gasteiger partial charge in [0.2, 0.25) is 5.91 Å². The van der Waals surface area contributed by atoms with Gasteiger partial charge in [0.15, 0.2) is 0 Å². The molecule has 1 saturated heterocycles. The molecule has 0 radical (unpaired) electrons. The molecule has 2 unspecified atom stereocenters. The van der Waals surface area contributed by atoms with E-state index in [9.17, 15) is 14.7 Å². The van der Waals surface area contributed by atoms with Crippen LogP contribution in [0.4, 0.5) is 0 Å². The monoisotopic (exact) mass is 284 g/mol. The van der Waals surface area contributed by atoms with E-state index in [1.807, 2.05) is 13.8 Å². The molecule has 1 aliphatic rings. The van der Waals surface area contributed by atoms with E-state index in [0.29, 0.717) is 0 Å². The van der Waals surface area contributed by atoms with Crippen molar-refractivity contribution in [3.8, 4) is 0 Å². The van der Waals surface area contributed by atoms with E-state index in [2.05, 4.69) is 11.9 Å². The number of nitrogens with zero attached hydrogens (tertiary/aromatic N) is 2. The minimum absolute atomic E-state index is 0.0658. The van der Waals surface area contributed by atoms with Crippen molar-refractivity contribution in [1.82, 2.24) is 9.80 Å². The highest BCUT2D eigenvalue weighted by Gasteiger charge is 2.40. The lowest BCUT2D eigenvalue weighted by Gasteiger charge is -2.38. The van der Waals surface area contributed by atoms with E-state index in [0.717, 1.165) is 25.9 Å². The summed E-state index contributed by atoms with van der Waals surface area (Å²) in [6, 6.07) is 0.200. The van der Waals surface area contributed by atoms with Gasteiger partial charge in [-0.25, -0.2) is 0 Å². The fourth-order valence-corrected chi connectivity index (χ4v) is 2.62. The van der Waals surface area contributed by atoms with Crippen molar-refractivity contribution in [3.05, 3.63) is 0 Å². The van der Waals surface area contributed by atoms with Gasteiger partial charge in [-0.2, -0.15) is 0 Å². The van der Waals surface area contributed by atoms with E-state index in [4.69, 9.17) is 0 Å². The Morgan fingerprint density at radius 3 is 2.50 bits per heavy atom. The molecular weight excluding hydrogens is 256 g/mol. The normalized spacial score (nSPS) is 23.4. The smallest absolute Gasteiger partial charge is 0.310 e. The van der Waals surface area contributed by atoms with Gasteiger partial charge in [0.25, 0.3) is 0 Å². The molecule has 0 aliphatic carbocycles. The first-order valence-corrected chi connectivity index (χ1v) is 7.36. The molecule has 1 N–H and O–H groups in total. The van der Waals surface area contributed by atoms with Gasteiger partial charge in [0, 0.05) is 26.1 Å². The Labute approximate surface area is 121 Å². The van der Waals surface area contributed by atoms with Crippen LogP contribution in [0.3, 0.4) is 0 Å². The molecule has 0 aromatic heterocycles. The van der Waals surface area contributed by atoms with Crippen LogP contribution in [0.5, 0.6) is 0 Å². The molecule has 0 aromatic carbocycles. The highest BCUT2D eigenvalue weighted by Crippen LogP contribution is 2.32. The first-order chi connectivity index (χ1) is 9.18. The third kappa shape index (κ3) is 3.72. The summed E-state index contributed by atoms with van der Waals surface area (Å²) in [5.74, 6) is -1.04. The van der Waals surface area contributed by atoms with Crippen LogP contribution in [0, 0.1) is 11.3 Å². The molecular formula is C15H28N2O3. The van der Waals surface area contributed by atoms with Crippen LogP contribution in [-0.2, 0) is 9.59 Å². The number of hydrogen-bond acceptors (Lipinski definition) is 3. The van der Waals surface area contributed by atoms with Gasteiger partial charge in [-0.15, -0.1) is 0 Å².